The molecule has 3 heterocycles. The van der Waals surface area contributed by atoms with Crippen LogP contribution in [0.1, 0.15) is 44.0 Å². The van der Waals surface area contributed by atoms with Crippen LogP contribution >= 0.6 is 0 Å². The van der Waals surface area contributed by atoms with Crippen LogP contribution in [0.4, 0.5) is 11.5 Å². The fourth-order valence-corrected chi connectivity index (χ4v) is 3.13. The molecule has 0 radical (unpaired) electrons. The lowest BCUT2D eigenvalue weighted by atomic mass is 10.1. The van der Waals surface area contributed by atoms with Gasteiger partial charge in [0.25, 0.3) is 11.8 Å². The minimum atomic E-state index is -0.370. The third-order valence-corrected chi connectivity index (χ3v) is 4.58. The van der Waals surface area contributed by atoms with Crippen LogP contribution < -0.4 is 15.5 Å². The average molecular weight is 377 g/mol. The van der Waals surface area contributed by atoms with Gasteiger partial charge in [0.1, 0.15) is 12.0 Å². The molecule has 142 valence electrons. The van der Waals surface area contributed by atoms with Crippen molar-refractivity contribution in [3.8, 4) is 0 Å². The second-order valence-corrected chi connectivity index (χ2v) is 6.72. The molecule has 0 saturated heterocycles. The molecule has 0 bridgehead atoms. The van der Waals surface area contributed by atoms with E-state index >= 15 is 0 Å². The monoisotopic (exact) mass is 377 g/mol. The molecule has 4 rings (SSSR count). The summed E-state index contributed by atoms with van der Waals surface area (Å²) in [6.07, 6.45) is -0.351. The molecular weight excluding hydrogens is 358 g/mol. The summed E-state index contributed by atoms with van der Waals surface area (Å²) >= 11 is 0. The average Bonchev–Trinajstić information content (AvgIpc) is 3.12. The highest BCUT2D eigenvalue weighted by Gasteiger charge is 2.30. The van der Waals surface area contributed by atoms with Crippen molar-refractivity contribution in [1.82, 2.24) is 15.5 Å². The summed E-state index contributed by atoms with van der Waals surface area (Å²) in [6, 6.07) is 12.4. The summed E-state index contributed by atoms with van der Waals surface area (Å²) < 4.78 is 4.96. The predicted molar refractivity (Wildman–Crippen MR) is 103 cm³/mol. The highest BCUT2D eigenvalue weighted by Crippen LogP contribution is 2.30. The quantitative estimate of drug-likeness (QED) is 0.728. The Labute approximate surface area is 161 Å². The lowest BCUT2D eigenvalue weighted by Gasteiger charge is -2.35. The zero-order chi connectivity index (χ0) is 19.8. The summed E-state index contributed by atoms with van der Waals surface area (Å²) in [7, 11) is 1.89. The first-order chi connectivity index (χ1) is 13.4. The van der Waals surface area contributed by atoms with E-state index < -0.39 is 0 Å². The van der Waals surface area contributed by atoms with Gasteiger partial charge in [0.15, 0.2) is 0 Å². The minimum Gasteiger partial charge on any atom is -0.351 e. The fraction of sp³-hybridized carbons (Fsp3) is 0.200. The lowest BCUT2D eigenvalue weighted by Crippen LogP contribution is -2.45. The van der Waals surface area contributed by atoms with Crippen LogP contribution in [0.2, 0.25) is 0 Å². The van der Waals surface area contributed by atoms with E-state index in [0.717, 1.165) is 11.3 Å². The number of nitrogens with zero attached hydrogens (tertiary/aromatic N) is 3. The second kappa shape index (κ2) is 6.80. The Morgan fingerprint density at radius 1 is 1.14 bits per heavy atom. The molecule has 2 N–H and O–H groups in total. The number of anilines is 2. The molecule has 0 spiro atoms. The maximum atomic E-state index is 12.4. The van der Waals surface area contributed by atoms with Crippen LogP contribution in [0.5, 0.6) is 0 Å². The molecule has 2 amide bonds. The predicted octanol–water partition coefficient (Wildman–Crippen LogP) is 2.82. The highest BCUT2D eigenvalue weighted by atomic mass is 16.5. The number of nitrogens with one attached hydrogen (secondary N) is 2. The number of aromatic nitrogens is 2. The molecular formula is C20H19N5O3. The first-order valence-electron chi connectivity index (χ1n) is 8.78. The van der Waals surface area contributed by atoms with Gasteiger partial charge in [-0.25, -0.2) is 4.98 Å². The number of rotatable bonds is 3. The SMILES string of the molecule is Cc1cc(C(=O)Nc2ccc([C@@H]3NC(=O)c4ccc(C)nc4N3C)cc2)on1. The van der Waals surface area contributed by atoms with Crippen LogP contribution in [0.3, 0.4) is 0 Å². The van der Waals surface area contributed by atoms with Gasteiger partial charge in [-0.05, 0) is 43.7 Å². The summed E-state index contributed by atoms with van der Waals surface area (Å²) in [5, 5.41) is 9.45. The maximum absolute atomic E-state index is 12.4. The number of aryl methyl sites for hydroxylation is 2. The third-order valence-electron chi connectivity index (χ3n) is 4.58. The summed E-state index contributed by atoms with van der Waals surface area (Å²) in [4.78, 5) is 31.0. The van der Waals surface area contributed by atoms with Gasteiger partial charge in [-0.15, -0.1) is 0 Å². The number of benzene rings is 1. The molecule has 1 aromatic carbocycles. The van der Waals surface area contributed by atoms with Gasteiger partial charge >= 0.3 is 0 Å². The number of fused-ring (bicyclic) bond motifs is 1. The van der Waals surface area contributed by atoms with E-state index in [-0.39, 0.29) is 23.7 Å². The minimum absolute atomic E-state index is 0.152. The molecule has 2 aromatic heterocycles. The zero-order valence-electron chi connectivity index (χ0n) is 15.7. The zero-order valence-corrected chi connectivity index (χ0v) is 15.7. The Morgan fingerprint density at radius 3 is 2.57 bits per heavy atom. The largest absolute Gasteiger partial charge is 0.351 e. The number of hydrogen-bond acceptors (Lipinski definition) is 6. The van der Waals surface area contributed by atoms with Crippen molar-refractivity contribution in [1.29, 1.82) is 0 Å². The van der Waals surface area contributed by atoms with Gasteiger partial charge < -0.3 is 20.1 Å². The number of carbonyl (C=O) groups is 2. The lowest BCUT2D eigenvalue weighted by molar-refractivity contribution is 0.0926. The molecule has 0 fully saturated rings. The molecule has 8 heteroatoms. The topological polar surface area (TPSA) is 100 Å². The molecule has 1 aliphatic heterocycles. The van der Waals surface area contributed by atoms with Crippen molar-refractivity contribution in [3.63, 3.8) is 0 Å². The second-order valence-electron chi connectivity index (χ2n) is 6.72. The van der Waals surface area contributed by atoms with Gasteiger partial charge in [0.05, 0.1) is 11.3 Å². The van der Waals surface area contributed by atoms with Crippen LogP contribution in [0.25, 0.3) is 0 Å². The van der Waals surface area contributed by atoms with E-state index in [0.29, 0.717) is 22.8 Å². The smallest absolute Gasteiger partial charge is 0.294 e. The van der Waals surface area contributed by atoms with Crippen molar-refractivity contribution in [2.75, 3.05) is 17.3 Å². The van der Waals surface area contributed by atoms with Gasteiger partial charge in [-0.3, -0.25) is 9.59 Å². The summed E-state index contributed by atoms with van der Waals surface area (Å²) in [5.41, 5.74) is 3.52. The number of carbonyl (C=O) groups excluding carboxylic acids is 2. The van der Waals surface area contributed by atoms with Gasteiger partial charge in [-0.1, -0.05) is 17.3 Å². The highest BCUT2D eigenvalue weighted by molar-refractivity contribution is 6.02. The molecule has 3 aromatic rings. The first kappa shape index (κ1) is 17.7. The number of hydrogen-bond donors (Lipinski definition) is 2. The normalized spacial score (nSPS) is 15.8. The van der Waals surface area contributed by atoms with E-state index in [1.807, 2.05) is 37.1 Å². The van der Waals surface area contributed by atoms with Crippen LogP contribution in [-0.2, 0) is 0 Å². The van der Waals surface area contributed by atoms with Crippen molar-refractivity contribution >= 4 is 23.3 Å². The van der Waals surface area contributed by atoms with E-state index in [1.165, 1.54) is 0 Å². The third kappa shape index (κ3) is 3.20. The van der Waals surface area contributed by atoms with Gasteiger partial charge in [-0.2, -0.15) is 0 Å². The molecule has 0 unspecified atom stereocenters. The Hall–Kier alpha value is -3.68. The molecule has 0 aliphatic carbocycles. The Bertz CT molecular complexity index is 1060. The van der Waals surface area contributed by atoms with E-state index in [2.05, 4.69) is 20.8 Å². The van der Waals surface area contributed by atoms with Gasteiger partial charge in [0, 0.05) is 24.5 Å². The molecule has 1 atom stereocenters. The van der Waals surface area contributed by atoms with E-state index in [4.69, 9.17) is 4.52 Å². The molecule has 0 saturated carbocycles. The summed E-state index contributed by atoms with van der Waals surface area (Å²) in [6.45, 7) is 3.64. The maximum Gasteiger partial charge on any atom is 0.294 e. The van der Waals surface area contributed by atoms with Crippen molar-refractivity contribution in [2.45, 2.75) is 20.0 Å². The van der Waals surface area contributed by atoms with Crippen LogP contribution in [0, 0.1) is 13.8 Å². The van der Waals surface area contributed by atoms with Crippen molar-refractivity contribution in [3.05, 3.63) is 70.7 Å². The van der Waals surface area contributed by atoms with E-state index in [1.54, 1.807) is 31.2 Å². The standard InChI is InChI=1S/C20H19N5O3/c1-11-4-9-15-18(21-11)25(3)17(23-19(15)26)13-5-7-14(8-6-13)22-20(27)16-10-12(2)24-28-16/h4-10,17H,1-3H3,(H,22,27)(H,23,26)/t17-/m1/s1. The Kier molecular flexibility index (Phi) is 4.31. The van der Waals surface area contributed by atoms with Crippen LogP contribution in [0.15, 0.2) is 47.0 Å². The Morgan fingerprint density at radius 2 is 1.89 bits per heavy atom. The van der Waals surface area contributed by atoms with Crippen LogP contribution in [-0.4, -0.2) is 29.0 Å². The van der Waals surface area contributed by atoms with Crippen molar-refractivity contribution < 1.29 is 14.1 Å². The molecule has 1 aliphatic rings. The fourth-order valence-electron chi connectivity index (χ4n) is 3.13. The van der Waals surface area contributed by atoms with E-state index in [9.17, 15) is 9.59 Å². The van der Waals surface area contributed by atoms with Crippen molar-refractivity contribution in [2.24, 2.45) is 0 Å². The molecule has 28 heavy (non-hydrogen) atoms. The summed E-state index contributed by atoms with van der Waals surface area (Å²) in [5.74, 6) is 0.263. The molecule has 8 nitrogen and oxygen atoms in total. The first-order valence-corrected chi connectivity index (χ1v) is 8.78. The Balaban J connectivity index is 1.54. The van der Waals surface area contributed by atoms with Gasteiger partial charge in [0.2, 0.25) is 5.76 Å². The number of pyridine rings is 1. The number of amides is 2.